The standard InChI is InChI=1S/C12H10N2O3S2/c1-7(8-4-5-10(19-8)12(16)17)13-14-11(15)9-3-2-6-18-9/h2-6H,1H3,(H,14,15)(H,16,17)/b13-7+. The molecule has 2 aromatic rings. The Labute approximate surface area is 117 Å². The zero-order chi connectivity index (χ0) is 13.8. The number of rotatable bonds is 4. The Hall–Kier alpha value is -1.99. The maximum absolute atomic E-state index is 11.7. The Morgan fingerprint density at radius 3 is 2.53 bits per heavy atom. The molecule has 0 spiro atoms. The van der Waals surface area contributed by atoms with Gasteiger partial charge in [-0.1, -0.05) is 6.07 Å². The van der Waals surface area contributed by atoms with Crippen LogP contribution in [-0.4, -0.2) is 22.7 Å². The van der Waals surface area contributed by atoms with E-state index >= 15 is 0 Å². The van der Waals surface area contributed by atoms with E-state index in [1.54, 1.807) is 25.1 Å². The van der Waals surface area contributed by atoms with Crippen LogP contribution in [0.4, 0.5) is 0 Å². The van der Waals surface area contributed by atoms with Crippen molar-refractivity contribution in [1.29, 1.82) is 0 Å². The second-order valence-electron chi connectivity index (χ2n) is 3.58. The van der Waals surface area contributed by atoms with Crippen molar-refractivity contribution in [3.8, 4) is 0 Å². The molecule has 7 heteroatoms. The largest absolute Gasteiger partial charge is 0.477 e. The van der Waals surface area contributed by atoms with Crippen LogP contribution in [-0.2, 0) is 0 Å². The first-order valence-electron chi connectivity index (χ1n) is 5.29. The lowest BCUT2D eigenvalue weighted by Gasteiger charge is -1.98. The molecule has 0 bridgehead atoms. The summed E-state index contributed by atoms with van der Waals surface area (Å²) in [5.41, 5.74) is 3.01. The monoisotopic (exact) mass is 294 g/mol. The van der Waals surface area contributed by atoms with Crippen molar-refractivity contribution in [1.82, 2.24) is 5.43 Å². The maximum Gasteiger partial charge on any atom is 0.345 e. The molecule has 2 N–H and O–H groups in total. The van der Waals surface area contributed by atoms with Crippen LogP contribution in [0.3, 0.4) is 0 Å². The smallest absolute Gasteiger partial charge is 0.345 e. The summed E-state index contributed by atoms with van der Waals surface area (Å²) in [5.74, 6) is -1.24. The summed E-state index contributed by atoms with van der Waals surface area (Å²) in [6.07, 6.45) is 0. The summed E-state index contributed by atoms with van der Waals surface area (Å²) >= 11 is 2.45. The molecule has 0 aromatic carbocycles. The molecule has 19 heavy (non-hydrogen) atoms. The molecule has 1 amide bonds. The number of carbonyl (C=O) groups is 2. The second-order valence-corrected chi connectivity index (χ2v) is 5.62. The van der Waals surface area contributed by atoms with Gasteiger partial charge in [-0.15, -0.1) is 22.7 Å². The molecule has 2 heterocycles. The van der Waals surface area contributed by atoms with Crippen molar-refractivity contribution < 1.29 is 14.7 Å². The SMILES string of the molecule is C/C(=N\NC(=O)c1cccs1)c1ccc(C(=O)O)s1. The van der Waals surface area contributed by atoms with Crippen LogP contribution in [0.25, 0.3) is 0 Å². The summed E-state index contributed by atoms with van der Waals surface area (Å²) in [6.45, 7) is 1.71. The number of hydrazone groups is 1. The molecule has 98 valence electrons. The van der Waals surface area contributed by atoms with Crippen molar-refractivity contribution in [2.75, 3.05) is 0 Å². The highest BCUT2D eigenvalue weighted by molar-refractivity contribution is 7.16. The number of aromatic carboxylic acids is 1. The van der Waals surface area contributed by atoms with E-state index in [1.807, 2.05) is 5.38 Å². The number of nitrogens with zero attached hydrogens (tertiary/aromatic N) is 1. The number of nitrogens with one attached hydrogen (secondary N) is 1. The molecular formula is C12H10N2O3S2. The van der Waals surface area contributed by atoms with Crippen molar-refractivity contribution in [2.45, 2.75) is 6.92 Å². The summed E-state index contributed by atoms with van der Waals surface area (Å²) in [6, 6.07) is 6.68. The molecule has 0 radical (unpaired) electrons. The van der Waals surface area contributed by atoms with Crippen molar-refractivity contribution in [3.63, 3.8) is 0 Å². The van der Waals surface area contributed by atoms with Crippen LogP contribution in [0.1, 0.15) is 31.1 Å². The number of amides is 1. The average molecular weight is 294 g/mol. The topological polar surface area (TPSA) is 78.8 Å². The van der Waals surface area contributed by atoms with Crippen LogP contribution < -0.4 is 5.43 Å². The van der Waals surface area contributed by atoms with E-state index in [9.17, 15) is 9.59 Å². The third-order valence-corrected chi connectivity index (χ3v) is 4.29. The molecule has 0 aliphatic carbocycles. The first kappa shape index (κ1) is 13.4. The fraction of sp³-hybridized carbons (Fsp3) is 0.0833. The van der Waals surface area contributed by atoms with E-state index in [0.717, 1.165) is 11.3 Å². The average Bonchev–Trinajstić information content (AvgIpc) is 3.05. The molecule has 0 saturated carbocycles. The van der Waals surface area contributed by atoms with Gasteiger partial charge in [-0.3, -0.25) is 4.79 Å². The number of hydrogen-bond acceptors (Lipinski definition) is 5. The van der Waals surface area contributed by atoms with Gasteiger partial charge in [0.25, 0.3) is 5.91 Å². The minimum atomic E-state index is -0.966. The van der Waals surface area contributed by atoms with E-state index in [0.29, 0.717) is 15.5 Å². The van der Waals surface area contributed by atoms with Crippen molar-refractivity contribution in [2.24, 2.45) is 5.10 Å². The van der Waals surface area contributed by atoms with Crippen LogP contribution in [0.5, 0.6) is 0 Å². The summed E-state index contributed by atoms with van der Waals surface area (Å²) in [5, 5.41) is 14.6. The van der Waals surface area contributed by atoms with Crippen molar-refractivity contribution in [3.05, 3.63) is 44.3 Å². The zero-order valence-electron chi connectivity index (χ0n) is 9.91. The normalized spacial score (nSPS) is 11.3. The van der Waals surface area contributed by atoms with Gasteiger partial charge in [-0.05, 0) is 30.5 Å². The predicted octanol–water partition coefficient (Wildman–Crippen LogP) is 2.66. The Morgan fingerprint density at radius 1 is 1.21 bits per heavy atom. The summed E-state index contributed by atoms with van der Waals surface area (Å²) in [4.78, 5) is 24.0. The fourth-order valence-electron chi connectivity index (χ4n) is 1.30. The number of carboxylic acid groups (broad SMARTS) is 1. The predicted molar refractivity (Wildman–Crippen MR) is 75.3 cm³/mol. The third-order valence-electron chi connectivity index (χ3n) is 2.24. The molecule has 0 fully saturated rings. The molecule has 0 atom stereocenters. The quantitative estimate of drug-likeness (QED) is 0.672. The Balaban J connectivity index is 2.06. The van der Waals surface area contributed by atoms with Gasteiger partial charge in [-0.25, -0.2) is 10.2 Å². The van der Waals surface area contributed by atoms with Crippen LogP contribution in [0, 0.1) is 0 Å². The molecule has 5 nitrogen and oxygen atoms in total. The highest BCUT2D eigenvalue weighted by Gasteiger charge is 2.09. The van der Waals surface area contributed by atoms with Crippen LogP contribution in [0.15, 0.2) is 34.7 Å². The van der Waals surface area contributed by atoms with Gasteiger partial charge < -0.3 is 5.11 Å². The lowest BCUT2D eigenvalue weighted by atomic mass is 10.3. The van der Waals surface area contributed by atoms with E-state index < -0.39 is 5.97 Å². The number of carbonyl (C=O) groups excluding carboxylic acids is 1. The van der Waals surface area contributed by atoms with Gasteiger partial charge >= 0.3 is 5.97 Å². The highest BCUT2D eigenvalue weighted by atomic mass is 32.1. The number of thiophene rings is 2. The van der Waals surface area contributed by atoms with E-state index in [-0.39, 0.29) is 10.8 Å². The first-order chi connectivity index (χ1) is 9.08. The van der Waals surface area contributed by atoms with E-state index in [1.165, 1.54) is 17.4 Å². The molecular weight excluding hydrogens is 284 g/mol. The Bertz CT molecular complexity index is 629. The first-order valence-corrected chi connectivity index (χ1v) is 6.99. The Morgan fingerprint density at radius 2 is 1.95 bits per heavy atom. The zero-order valence-corrected chi connectivity index (χ0v) is 11.5. The van der Waals surface area contributed by atoms with Crippen LogP contribution in [0.2, 0.25) is 0 Å². The minimum Gasteiger partial charge on any atom is -0.477 e. The maximum atomic E-state index is 11.7. The number of carboxylic acids is 1. The molecule has 0 aliphatic rings. The van der Waals surface area contributed by atoms with Gasteiger partial charge in [0, 0.05) is 0 Å². The minimum absolute atomic E-state index is 0.245. The van der Waals surface area contributed by atoms with Crippen LogP contribution >= 0.6 is 22.7 Å². The third kappa shape index (κ3) is 3.27. The molecule has 0 saturated heterocycles. The second kappa shape index (κ2) is 5.77. The Kier molecular flexibility index (Phi) is 4.08. The summed E-state index contributed by atoms with van der Waals surface area (Å²) in [7, 11) is 0. The molecule has 2 rings (SSSR count). The van der Waals surface area contributed by atoms with Gasteiger partial charge in [0.1, 0.15) is 4.88 Å². The molecule has 2 aromatic heterocycles. The molecule has 0 aliphatic heterocycles. The van der Waals surface area contributed by atoms with Gasteiger partial charge in [-0.2, -0.15) is 5.10 Å². The lowest BCUT2D eigenvalue weighted by Crippen LogP contribution is -2.17. The number of hydrogen-bond donors (Lipinski definition) is 2. The van der Waals surface area contributed by atoms with Gasteiger partial charge in [0.2, 0.25) is 0 Å². The van der Waals surface area contributed by atoms with Gasteiger partial charge in [0.15, 0.2) is 0 Å². The van der Waals surface area contributed by atoms with E-state index in [2.05, 4.69) is 10.5 Å². The van der Waals surface area contributed by atoms with Crippen molar-refractivity contribution >= 4 is 40.3 Å². The summed E-state index contributed by atoms with van der Waals surface area (Å²) < 4.78 is 0. The fourth-order valence-corrected chi connectivity index (χ4v) is 2.70. The van der Waals surface area contributed by atoms with Gasteiger partial charge in [0.05, 0.1) is 15.5 Å². The highest BCUT2D eigenvalue weighted by Crippen LogP contribution is 2.17. The van der Waals surface area contributed by atoms with E-state index in [4.69, 9.17) is 5.11 Å². The lowest BCUT2D eigenvalue weighted by molar-refractivity contribution is 0.0702. The molecule has 0 unspecified atom stereocenters.